The van der Waals surface area contributed by atoms with Crippen LogP contribution in [-0.2, 0) is 10.9 Å². The van der Waals surface area contributed by atoms with Crippen LogP contribution in [0.15, 0.2) is 0 Å². The summed E-state index contributed by atoms with van der Waals surface area (Å²) in [7, 11) is 13.4. The molecule has 54 valence electrons. The first kappa shape index (κ1) is 11.4. The first-order valence-electron chi connectivity index (χ1n) is 1.03. The number of hydrogen-bond acceptors (Lipinski definition) is 1. The third-order valence-corrected chi connectivity index (χ3v) is 0. The molecule has 7 heteroatoms. The van der Waals surface area contributed by atoms with Crippen molar-refractivity contribution in [3.8, 4) is 0 Å². The number of rotatable bonds is 0. The van der Waals surface area contributed by atoms with Crippen molar-refractivity contribution in [3.63, 3.8) is 0 Å². The van der Waals surface area contributed by atoms with E-state index in [4.69, 9.17) is 45.4 Å². The standard InChI is InChI=1S/CH2O3.3ClH.Co/c2-1(3)4;;;;/h(H2,2,3,4);3*1H;/q;;;;+3/p-3. The summed E-state index contributed by atoms with van der Waals surface area (Å²) in [5.74, 6) is 0. The summed E-state index contributed by atoms with van der Waals surface area (Å²) in [4.78, 5) is 8.56. The average Bonchev–Trinajstić information content (AvgIpc) is 1.25. The van der Waals surface area contributed by atoms with Crippen LogP contribution < -0.4 is 0 Å². The first-order valence-corrected chi connectivity index (χ1v) is 5.33. The SMILES string of the molecule is O=C(O)O.[Cl][Co]([Cl])[Cl]. The van der Waals surface area contributed by atoms with Crippen molar-refractivity contribution in [2.45, 2.75) is 0 Å². The summed E-state index contributed by atoms with van der Waals surface area (Å²) in [5.41, 5.74) is 0. The Morgan fingerprint density at radius 3 is 1.25 bits per heavy atom. The molecule has 0 saturated carbocycles. The second-order valence-electron chi connectivity index (χ2n) is 0.425. The molecule has 0 spiro atoms. The zero-order chi connectivity index (χ0) is 7.15. The van der Waals surface area contributed by atoms with Crippen molar-refractivity contribution in [1.29, 1.82) is 0 Å². The van der Waals surface area contributed by atoms with Gasteiger partial charge in [-0.3, -0.25) is 0 Å². The van der Waals surface area contributed by atoms with Crippen LogP contribution in [0.2, 0.25) is 0 Å². The molecule has 0 amide bonds. The third-order valence-electron chi connectivity index (χ3n) is 0. The van der Waals surface area contributed by atoms with Crippen molar-refractivity contribution in [2.75, 3.05) is 0 Å². The molecule has 2 N–H and O–H groups in total. The molecule has 0 unspecified atom stereocenters. The van der Waals surface area contributed by atoms with Gasteiger partial charge < -0.3 is 10.2 Å². The number of carboxylic acid groups (broad SMARTS) is 2. The van der Waals surface area contributed by atoms with Gasteiger partial charge in [-0.2, -0.15) is 0 Å². The van der Waals surface area contributed by atoms with E-state index in [1.807, 2.05) is 0 Å². The molecule has 8 heavy (non-hydrogen) atoms. The van der Waals surface area contributed by atoms with Gasteiger partial charge in [-0.15, -0.1) is 0 Å². The molecule has 0 fully saturated rings. The zero-order valence-corrected chi connectivity index (χ0v) is 6.58. The molecule has 0 rings (SSSR count). The van der Waals surface area contributed by atoms with Crippen LogP contribution in [-0.4, -0.2) is 16.4 Å². The molecular weight excluding hydrogens is 225 g/mol. The fourth-order valence-corrected chi connectivity index (χ4v) is 0. The molecule has 0 bridgehead atoms. The fraction of sp³-hybridized carbons (Fsp3) is 0. The molecule has 0 aliphatic heterocycles. The van der Waals surface area contributed by atoms with E-state index in [1.54, 1.807) is 0 Å². The normalized spacial score (nSPS) is 8.62. The molecule has 0 atom stereocenters. The van der Waals surface area contributed by atoms with Crippen molar-refractivity contribution >= 4 is 36.6 Å². The van der Waals surface area contributed by atoms with Crippen LogP contribution in [0.25, 0.3) is 0 Å². The maximum absolute atomic E-state index is 8.56. The summed E-state index contributed by atoms with van der Waals surface area (Å²) in [6, 6.07) is 0. The van der Waals surface area contributed by atoms with Gasteiger partial charge in [0.15, 0.2) is 0 Å². The molecular formula is CH2Cl3CoO3. The summed E-state index contributed by atoms with van der Waals surface area (Å²) >= 11 is 0. The summed E-state index contributed by atoms with van der Waals surface area (Å²) in [6.45, 7) is 0. The third kappa shape index (κ3) is 507. The number of hydrogen-bond donors (Lipinski definition) is 2. The average molecular weight is 227 g/mol. The summed E-state index contributed by atoms with van der Waals surface area (Å²) in [5, 5.41) is 13.9. The van der Waals surface area contributed by atoms with Gasteiger partial charge in [-0.1, -0.05) is 0 Å². The van der Waals surface area contributed by atoms with Gasteiger partial charge >= 0.3 is 47.5 Å². The molecule has 0 aliphatic carbocycles. The Morgan fingerprint density at radius 2 is 1.25 bits per heavy atom. The minimum absolute atomic E-state index is 1.19. The van der Waals surface area contributed by atoms with Crippen molar-refractivity contribution in [2.24, 2.45) is 0 Å². The monoisotopic (exact) mass is 226 g/mol. The Morgan fingerprint density at radius 1 is 1.25 bits per heavy atom. The van der Waals surface area contributed by atoms with E-state index in [-0.39, 0.29) is 0 Å². The van der Waals surface area contributed by atoms with E-state index < -0.39 is 17.1 Å². The van der Waals surface area contributed by atoms with Crippen LogP contribution in [0.5, 0.6) is 0 Å². The van der Waals surface area contributed by atoms with E-state index in [1.165, 1.54) is 0 Å². The Kier molecular flexibility index (Phi) is 10.9. The molecule has 0 aromatic rings. The topological polar surface area (TPSA) is 57.5 Å². The Labute approximate surface area is 62.7 Å². The van der Waals surface area contributed by atoms with E-state index in [0.717, 1.165) is 0 Å². The van der Waals surface area contributed by atoms with E-state index in [2.05, 4.69) is 0 Å². The molecule has 0 aromatic heterocycles. The van der Waals surface area contributed by atoms with Crippen molar-refractivity contribution < 1.29 is 26.0 Å². The number of carbonyl (C=O) groups is 1. The van der Waals surface area contributed by atoms with Crippen LogP contribution in [0.3, 0.4) is 0 Å². The second kappa shape index (κ2) is 7.65. The van der Waals surface area contributed by atoms with E-state index in [0.29, 0.717) is 0 Å². The molecule has 0 aromatic carbocycles. The van der Waals surface area contributed by atoms with Gasteiger partial charge in [-0.05, 0) is 0 Å². The fourth-order valence-electron chi connectivity index (χ4n) is 0. The van der Waals surface area contributed by atoms with Crippen LogP contribution in [0, 0.1) is 0 Å². The summed E-state index contributed by atoms with van der Waals surface area (Å²) in [6.07, 6.45) is -1.83. The number of halogens is 3. The van der Waals surface area contributed by atoms with Crippen LogP contribution >= 0.6 is 30.4 Å². The van der Waals surface area contributed by atoms with E-state index >= 15 is 0 Å². The Hall–Kier alpha value is 0.646. The minimum atomic E-state index is -1.83. The van der Waals surface area contributed by atoms with E-state index in [9.17, 15) is 0 Å². The van der Waals surface area contributed by atoms with Gasteiger partial charge in [0.2, 0.25) is 0 Å². The van der Waals surface area contributed by atoms with Gasteiger partial charge in [0.25, 0.3) is 0 Å². The van der Waals surface area contributed by atoms with Gasteiger partial charge in [0, 0.05) is 0 Å². The second-order valence-corrected chi connectivity index (χ2v) is 5.58. The van der Waals surface area contributed by atoms with Crippen LogP contribution in [0.1, 0.15) is 0 Å². The first-order chi connectivity index (χ1) is 3.46. The molecule has 0 saturated heterocycles. The molecule has 3 nitrogen and oxygen atoms in total. The van der Waals surface area contributed by atoms with Crippen molar-refractivity contribution in [3.05, 3.63) is 0 Å². The predicted octanol–water partition coefficient (Wildman–Crippen LogP) is 2.29. The van der Waals surface area contributed by atoms with Gasteiger partial charge in [0.1, 0.15) is 0 Å². The van der Waals surface area contributed by atoms with Gasteiger partial charge in [0.05, 0.1) is 0 Å². The Bertz CT molecular complexity index is 58.8. The summed E-state index contributed by atoms with van der Waals surface area (Å²) < 4.78 is 0. The Balaban J connectivity index is 0. The van der Waals surface area contributed by atoms with Gasteiger partial charge in [-0.25, -0.2) is 4.79 Å². The quantitative estimate of drug-likeness (QED) is 0.667. The maximum atomic E-state index is 8.56. The molecule has 0 aliphatic rings. The molecule has 0 heterocycles. The zero-order valence-electron chi connectivity index (χ0n) is 3.27. The van der Waals surface area contributed by atoms with Crippen LogP contribution in [0.4, 0.5) is 4.79 Å². The predicted molar refractivity (Wildman–Crippen MR) is 28.2 cm³/mol. The molecule has 0 radical (unpaired) electrons. The van der Waals surface area contributed by atoms with Crippen molar-refractivity contribution in [1.82, 2.24) is 0 Å².